The standard InChI is InChI=1S/C33H32F2N4O3/c34-25-9-6-23(7-10-25)21-33(13-3-14-36-33)32(42)38-18-16-37(17-19-38)31(41)27-20-24(8-11-28(27)35)22-39-15-12-30(40)26-4-1-2-5-29(26)39/h1-2,4-12,15,20,36H,3,13-14,16-19,21-22H2/t33-/m0/s1. The van der Waals surface area contributed by atoms with Gasteiger partial charge in [0.25, 0.3) is 5.91 Å². The number of halogens is 2. The first-order chi connectivity index (χ1) is 20.3. The van der Waals surface area contributed by atoms with Crippen molar-refractivity contribution in [2.75, 3.05) is 32.7 Å². The lowest BCUT2D eigenvalue weighted by Crippen LogP contribution is -2.60. The second-order valence-electron chi connectivity index (χ2n) is 11.1. The highest BCUT2D eigenvalue weighted by molar-refractivity contribution is 5.95. The first-order valence-electron chi connectivity index (χ1n) is 14.3. The van der Waals surface area contributed by atoms with E-state index in [9.17, 15) is 23.2 Å². The molecule has 0 saturated carbocycles. The quantitative estimate of drug-likeness (QED) is 0.381. The van der Waals surface area contributed by atoms with Crippen LogP contribution in [0.1, 0.15) is 34.3 Å². The van der Waals surface area contributed by atoms with Crippen LogP contribution in [-0.4, -0.2) is 64.4 Å². The molecule has 0 radical (unpaired) electrons. The van der Waals surface area contributed by atoms with Crippen LogP contribution in [0.15, 0.2) is 83.8 Å². The Bertz CT molecular complexity index is 1690. The molecular formula is C33H32F2N4O3. The summed E-state index contributed by atoms with van der Waals surface area (Å²) in [5.74, 6) is -1.34. The molecule has 2 fully saturated rings. The molecule has 1 aromatic heterocycles. The normalized spacial score (nSPS) is 18.9. The van der Waals surface area contributed by atoms with Gasteiger partial charge in [-0.3, -0.25) is 14.4 Å². The third-order valence-electron chi connectivity index (χ3n) is 8.43. The van der Waals surface area contributed by atoms with Gasteiger partial charge in [0.15, 0.2) is 5.43 Å². The number of benzene rings is 3. The topological polar surface area (TPSA) is 74.7 Å². The SMILES string of the molecule is O=C(c1cc(Cn2ccc(=O)c3ccccc32)ccc1F)N1CCN(C(=O)[C@@]2(Cc3ccc(F)cc3)CCCN2)CC1. The summed E-state index contributed by atoms with van der Waals surface area (Å²) in [6.07, 6.45) is 3.73. The van der Waals surface area contributed by atoms with Crippen molar-refractivity contribution in [3.8, 4) is 0 Å². The summed E-state index contributed by atoms with van der Waals surface area (Å²) in [5, 5.41) is 4.00. The fourth-order valence-corrected chi connectivity index (χ4v) is 6.18. The largest absolute Gasteiger partial charge is 0.343 e. The van der Waals surface area contributed by atoms with Crippen LogP contribution >= 0.6 is 0 Å². The van der Waals surface area contributed by atoms with Crippen LogP contribution in [0.25, 0.3) is 10.9 Å². The minimum atomic E-state index is -0.753. The number of hydrogen-bond acceptors (Lipinski definition) is 4. The van der Waals surface area contributed by atoms with Gasteiger partial charge in [-0.05, 0) is 73.3 Å². The smallest absolute Gasteiger partial charge is 0.256 e. The van der Waals surface area contributed by atoms with Crippen molar-refractivity contribution in [3.05, 3.63) is 118 Å². The van der Waals surface area contributed by atoms with Gasteiger partial charge in [-0.1, -0.05) is 30.3 Å². The van der Waals surface area contributed by atoms with Crippen LogP contribution in [0.3, 0.4) is 0 Å². The number of fused-ring (bicyclic) bond motifs is 1. The lowest BCUT2D eigenvalue weighted by Gasteiger charge is -2.40. The number of aromatic nitrogens is 1. The molecule has 2 saturated heterocycles. The zero-order valence-electron chi connectivity index (χ0n) is 23.2. The Morgan fingerprint density at radius 1 is 0.857 bits per heavy atom. The molecule has 2 aliphatic rings. The molecular weight excluding hydrogens is 538 g/mol. The average molecular weight is 571 g/mol. The number of rotatable bonds is 6. The van der Waals surface area contributed by atoms with Crippen LogP contribution in [0, 0.1) is 11.6 Å². The van der Waals surface area contributed by atoms with Gasteiger partial charge >= 0.3 is 0 Å². The van der Waals surface area contributed by atoms with Crippen molar-refractivity contribution in [1.82, 2.24) is 19.7 Å². The van der Waals surface area contributed by atoms with Gasteiger partial charge in [-0.2, -0.15) is 0 Å². The molecule has 1 N–H and O–H groups in total. The van der Waals surface area contributed by atoms with E-state index in [1.165, 1.54) is 24.3 Å². The van der Waals surface area contributed by atoms with E-state index in [2.05, 4.69) is 5.32 Å². The third kappa shape index (κ3) is 5.44. The van der Waals surface area contributed by atoms with Crippen LogP contribution in [0.2, 0.25) is 0 Å². The molecule has 4 aromatic rings. The Hall–Kier alpha value is -4.37. The number of carbonyl (C=O) groups is 2. The first-order valence-corrected chi connectivity index (χ1v) is 14.3. The van der Waals surface area contributed by atoms with Gasteiger partial charge in [-0.25, -0.2) is 8.78 Å². The van der Waals surface area contributed by atoms with Gasteiger partial charge in [-0.15, -0.1) is 0 Å². The highest BCUT2D eigenvalue weighted by Gasteiger charge is 2.44. The highest BCUT2D eigenvalue weighted by Crippen LogP contribution is 2.28. The summed E-state index contributed by atoms with van der Waals surface area (Å²) in [7, 11) is 0. The van der Waals surface area contributed by atoms with E-state index in [1.807, 2.05) is 22.8 Å². The van der Waals surface area contributed by atoms with Crippen LogP contribution in [0.4, 0.5) is 8.78 Å². The highest BCUT2D eigenvalue weighted by atomic mass is 19.1. The molecule has 1 atom stereocenters. The zero-order valence-corrected chi connectivity index (χ0v) is 23.2. The monoisotopic (exact) mass is 570 g/mol. The van der Waals surface area contributed by atoms with Crippen molar-refractivity contribution in [2.24, 2.45) is 0 Å². The number of nitrogens with one attached hydrogen (secondary N) is 1. The van der Waals surface area contributed by atoms with Crippen molar-refractivity contribution in [2.45, 2.75) is 31.3 Å². The van der Waals surface area contributed by atoms with E-state index in [0.29, 0.717) is 51.0 Å². The molecule has 7 nitrogen and oxygen atoms in total. The van der Waals surface area contributed by atoms with Gasteiger partial charge in [0.05, 0.1) is 11.1 Å². The maximum Gasteiger partial charge on any atom is 0.256 e. The number of piperazine rings is 1. The second kappa shape index (κ2) is 11.5. The Balaban J connectivity index is 1.14. The molecule has 0 bridgehead atoms. The molecule has 216 valence electrons. The number of amides is 2. The molecule has 2 aliphatic heterocycles. The fraction of sp³-hybridized carbons (Fsp3) is 0.303. The van der Waals surface area contributed by atoms with Crippen molar-refractivity contribution >= 4 is 22.7 Å². The van der Waals surface area contributed by atoms with Crippen LogP contribution < -0.4 is 10.7 Å². The van der Waals surface area contributed by atoms with Crippen molar-refractivity contribution in [3.63, 3.8) is 0 Å². The fourth-order valence-electron chi connectivity index (χ4n) is 6.18. The molecule has 3 aromatic carbocycles. The van der Waals surface area contributed by atoms with Gasteiger partial charge in [0.2, 0.25) is 5.91 Å². The lowest BCUT2D eigenvalue weighted by atomic mass is 9.87. The Labute approximate surface area is 242 Å². The van der Waals surface area contributed by atoms with E-state index in [1.54, 1.807) is 46.3 Å². The van der Waals surface area contributed by atoms with E-state index in [-0.39, 0.29) is 22.7 Å². The summed E-state index contributed by atoms with van der Waals surface area (Å²) < 4.78 is 30.3. The molecule has 2 amide bonds. The van der Waals surface area contributed by atoms with E-state index < -0.39 is 17.3 Å². The molecule has 0 aliphatic carbocycles. The van der Waals surface area contributed by atoms with Crippen LogP contribution in [-0.2, 0) is 17.8 Å². The molecule has 0 unspecified atom stereocenters. The van der Waals surface area contributed by atoms with E-state index in [4.69, 9.17) is 0 Å². The number of nitrogens with zero attached hydrogens (tertiary/aromatic N) is 3. The first kappa shape index (κ1) is 27.8. The summed E-state index contributed by atoms with van der Waals surface area (Å²) in [5.41, 5.74) is 1.55. The number of para-hydroxylation sites is 1. The van der Waals surface area contributed by atoms with Gasteiger partial charge < -0.3 is 19.7 Å². The number of carbonyl (C=O) groups excluding carboxylic acids is 2. The average Bonchev–Trinajstić information content (AvgIpc) is 3.50. The second-order valence-corrected chi connectivity index (χ2v) is 11.1. The van der Waals surface area contributed by atoms with E-state index >= 15 is 0 Å². The van der Waals surface area contributed by atoms with Gasteiger partial charge in [0.1, 0.15) is 17.2 Å². The van der Waals surface area contributed by atoms with Crippen molar-refractivity contribution < 1.29 is 18.4 Å². The maximum absolute atomic E-state index is 14.9. The molecule has 3 heterocycles. The maximum atomic E-state index is 14.9. The predicted molar refractivity (Wildman–Crippen MR) is 156 cm³/mol. The molecule has 9 heteroatoms. The number of pyridine rings is 1. The minimum absolute atomic E-state index is 0.0112. The molecule has 42 heavy (non-hydrogen) atoms. The third-order valence-corrected chi connectivity index (χ3v) is 8.43. The Kier molecular flexibility index (Phi) is 7.60. The van der Waals surface area contributed by atoms with Gasteiger partial charge in [0, 0.05) is 50.4 Å². The summed E-state index contributed by atoms with van der Waals surface area (Å²) in [4.78, 5) is 42.8. The Morgan fingerprint density at radius 2 is 1.57 bits per heavy atom. The summed E-state index contributed by atoms with van der Waals surface area (Å²) in [6.45, 7) is 2.39. The summed E-state index contributed by atoms with van der Waals surface area (Å²) in [6, 6.07) is 19.6. The summed E-state index contributed by atoms with van der Waals surface area (Å²) >= 11 is 0. The molecule has 0 spiro atoms. The predicted octanol–water partition coefficient (Wildman–Crippen LogP) is 3.98. The van der Waals surface area contributed by atoms with Crippen LogP contribution in [0.5, 0.6) is 0 Å². The van der Waals surface area contributed by atoms with E-state index in [0.717, 1.165) is 29.6 Å². The van der Waals surface area contributed by atoms with Crippen molar-refractivity contribution in [1.29, 1.82) is 0 Å². The lowest BCUT2D eigenvalue weighted by molar-refractivity contribution is -0.139. The Morgan fingerprint density at radius 3 is 2.31 bits per heavy atom. The zero-order chi connectivity index (χ0) is 29.3. The minimum Gasteiger partial charge on any atom is -0.343 e. The molecule has 6 rings (SSSR count). The number of hydrogen-bond donors (Lipinski definition) is 1.